The van der Waals surface area contributed by atoms with E-state index in [1.807, 2.05) is 41.9 Å². The Bertz CT molecular complexity index is 577. The number of likely N-dealkylation sites (tertiary alicyclic amines) is 1. The first-order valence-corrected chi connectivity index (χ1v) is 9.25. The van der Waals surface area contributed by atoms with Gasteiger partial charge in [-0.05, 0) is 5.56 Å². The van der Waals surface area contributed by atoms with E-state index in [2.05, 4.69) is 22.0 Å². The maximum atomic E-state index is 12.1. The van der Waals surface area contributed by atoms with Crippen molar-refractivity contribution < 1.29 is 4.79 Å². The zero-order valence-corrected chi connectivity index (χ0v) is 17.1. The third kappa shape index (κ3) is 4.36. The summed E-state index contributed by atoms with van der Waals surface area (Å²) in [7, 11) is 1.88. The molecule has 0 radical (unpaired) electrons. The minimum absolute atomic E-state index is 0. The quantitative estimate of drug-likeness (QED) is 0.427. The van der Waals surface area contributed by atoms with E-state index < -0.39 is 0 Å². The summed E-state index contributed by atoms with van der Waals surface area (Å²) in [5.41, 5.74) is 7.32. The largest absolute Gasteiger partial charge is 0.370 e. The molecule has 24 heavy (non-hydrogen) atoms. The number of nitrogens with two attached hydrogens (primary N) is 1. The van der Waals surface area contributed by atoms with Gasteiger partial charge in [0.2, 0.25) is 5.91 Å². The maximum absolute atomic E-state index is 12.1. The molecule has 7 heteroatoms. The molecule has 1 aromatic carbocycles. The number of hydrogen-bond donors (Lipinski definition) is 1. The van der Waals surface area contributed by atoms with Crippen LogP contribution in [0.15, 0.2) is 35.3 Å². The molecule has 0 aromatic heterocycles. The molecular formula is C17H25IN4OS. The van der Waals surface area contributed by atoms with Crippen LogP contribution in [-0.4, -0.2) is 59.9 Å². The number of nitrogens with zero attached hydrogens (tertiary/aromatic N) is 3. The maximum Gasteiger partial charge on any atom is 0.223 e. The molecule has 5 nitrogen and oxygen atoms in total. The van der Waals surface area contributed by atoms with Gasteiger partial charge in [0.1, 0.15) is 0 Å². The molecule has 2 saturated heterocycles. The van der Waals surface area contributed by atoms with Crippen LogP contribution < -0.4 is 5.73 Å². The number of benzene rings is 1. The minimum Gasteiger partial charge on any atom is -0.370 e. The number of amides is 1. The van der Waals surface area contributed by atoms with E-state index in [9.17, 15) is 4.79 Å². The Balaban J connectivity index is 0.00000208. The summed E-state index contributed by atoms with van der Waals surface area (Å²) in [6.07, 6.45) is 0.544. The molecule has 2 aliphatic heterocycles. The summed E-state index contributed by atoms with van der Waals surface area (Å²) in [5.74, 6) is 3.21. The molecule has 2 atom stereocenters. The average Bonchev–Trinajstić information content (AvgIpc) is 2.88. The van der Waals surface area contributed by atoms with Crippen molar-refractivity contribution in [1.29, 1.82) is 0 Å². The second-order valence-electron chi connectivity index (χ2n) is 6.12. The summed E-state index contributed by atoms with van der Waals surface area (Å²) in [6, 6.07) is 10.3. The van der Waals surface area contributed by atoms with Crippen molar-refractivity contribution >= 4 is 47.6 Å². The highest BCUT2D eigenvalue weighted by Crippen LogP contribution is 2.36. The van der Waals surface area contributed by atoms with Crippen molar-refractivity contribution in [2.45, 2.75) is 12.5 Å². The lowest BCUT2D eigenvalue weighted by atomic mass is 9.94. The highest BCUT2D eigenvalue weighted by Gasteiger charge is 2.38. The van der Waals surface area contributed by atoms with Gasteiger partial charge in [0.15, 0.2) is 5.96 Å². The molecular weight excluding hydrogens is 435 g/mol. The van der Waals surface area contributed by atoms with Crippen molar-refractivity contribution in [3.8, 4) is 0 Å². The Morgan fingerprint density at radius 2 is 1.96 bits per heavy atom. The molecule has 1 aromatic rings. The highest BCUT2D eigenvalue weighted by atomic mass is 127. The fourth-order valence-corrected chi connectivity index (χ4v) is 4.27. The molecule has 2 N–H and O–H groups in total. The van der Waals surface area contributed by atoms with E-state index in [0.29, 0.717) is 18.9 Å². The van der Waals surface area contributed by atoms with Crippen molar-refractivity contribution in [3.05, 3.63) is 35.9 Å². The number of guanidine groups is 1. The average molecular weight is 460 g/mol. The van der Waals surface area contributed by atoms with Crippen molar-refractivity contribution in [2.75, 3.05) is 38.2 Å². The van der Waals surface area contributed by atoms with Gasteiger partial charge in [0.25, 0.3) is 0 Å². The van der Waals surface area contributed by atoms with Crippen LogP contribution in [0.25, 0.3) is 0 Å². The zero-order chi connectivity index (χ0) is 16.2. The van der Waals surface area contributed by atoms with Crippen LogP contribution in [-0.2, 0) is 4.79 Å². The monoisotopic (exact) mass is 460 g/mol. The summed E-state index contributed by atoms with van der Waals surface area (Å²) in [5, 5.41) is 0. The van der Waals surface area contributed by atoms with Gasteiger partial charge < -0.3 is 15.5 Å². The molecule has 2 unspecified atom stereocenters. The fourth-order valence-electron chi connectivity index (χ4n) is 3.36. The number of hydrogen-bond acceptors (Lipinski definition) is 3. The lowest BCUT2D eigenvalue weighted by molar-refractivity contribution is -0.127. The third-order valence-corrected chi connectivity index (χ3v) is 5.60. The van der Waals surface area contributed by atoms with Gasteiger partial charge in [-0.3, -0.25) is 9.79 Å². The van der Waals surface area contributed by atoms with Crippen LogP contribution in [0.2, 0.25) is 0 Å². The predicted molar refractivity (Wildman–Crippen MR) is 111 cm³/mol. The van der Waals surface area contributed by atoms with Gasteiger partial charge in [-0.15, -0.1) is 24.0 Å². The fraction of sp³-hybridized carbons (Fsp3) is 0.529. The molecule has 2 aliphatic rings. The van der Waals surface area contributed by atoms with E-state index in [1.165, 1.54) is 5.56 Å². The van der Waals surface area contributed by atoms with Gasteiger partial charge >= 0.3 is 0 Å². The van der Waals surface area contributed by atoms with Crippen LogP contribution in [0.1, 0.15) is 18.0 Å². The minimum atomic E-state index is 0. The number of carbonyl (C=O) groups excluding carboxylic acids is 1. The first-order chi connectivity index (χ1) is 11.2. The topological polar surface area (TPSA) is 61.9 Å². The molecule has 3 rings (SSSR count). The molecule has 0 bridgehead atoms. The molecule has 1 amide bonds. The second kappa shape index (κ2) is 8.94. The van der Waals surface area contributed by atoms with Gasteiger partial charge in [0, 0.05) is 50.5 Å². The normalized spacial score (nSPS) is 24.9. The van der Waals surface area contributed by atoms with E-state index >= 15 is 0 Å². The van der Waals surface area contributed by atoms with Gasteiger partial charge in [0.05, 0.1) is 6.04 Å². The molecule has 0 aliphatic carbocycles. The Kier molecular flexibility index (Phi) is 7.21. The Hall–Kier alpha value is -0.960. The van der Waals surface area contributed by atoms with Gasteiger partial charge in [-0.2, -0.15) is 11.8 Å². The van der Waals surface area contributed by atoms with E-state index in [1.54, 1.807) is 0 Å². The molecule has 132 valence electrons. The van der Waals surface area contributed by atoms with Crippen LogP contribution >= 0.6 is 35.7 Å². The molecule has 0 saturated carbocycles. The Morgan fingerprint density at radius 1 is 1.29 bits per heavy atom. The second-order valence-corrected chi connectivity index (χ2v) is 7.35. The number of halogens is 1. The lowest BCUT2D eigenvalue weighted by Gasteiger charge is -2.28. The molecule has 2 heterocycles. The first kappa shape index (κ1) is 19.4. The van der Waals surface area contributed by atoms with Crippen molar-refractivity contribution in [2.24, 2.45) is 16.6 Å². The summed E-state index contributed by atoms with van der Waals surface area (Å²) in [6.45, 7) is 2.53. The number of aliphatic imine (C=N–C) groups is 1. The predicted octanol–water partition coefficient (Wildman–Crippen LogP) is 2.19. The Labute approximate surface area is 165 Å². The number of thioether (sulfide) groups is 1. The Morgan fingerprint density at radius 3 is 2.62 bits per heavy atom. The zero-order valence-electron chi connectivity index (χ0n) is 13.9. The molecule has 0 spiro atoms. The highest BCUT2D eigenvalue weighted by molar-refractivity contribution is 14.0. The smallest absolute Gasteiger partial charge is 0.223 e. The van der Waals surface area contributed by atoms with E-state index in [-0.39, 0.29) is 41.8 Å². The van der Waals surface area contributed by atoms with Crippen LogP contribution in [0.3, 0.4) is 0 Å². The lowest BCUT2D eigenvalue weighted by Crippen LogP contribution is -2.43. The van der Waals surface area contributed by atoms with Crippen molar-refractivity contribution in [1.82, 2.24) is 9.80 Å². The summed E-state index contributed by atoms with van der Waals surface area (Å²) < 4.78 is 0. The number of carbonyl (C=O) groups is 1. The SMILES string of the molecule is CN1C(=O)CC(CN=C(N)N2CCSCC2)C1c1ccccc1.I. The first-order valence-electron chi connectivity index (χ1n) is 8.10. The van der Waals surface area contributed by atoms with Crippen LogP contribution in [0.4, 0.5) is 0 Å². The van der Waals surface area contributed by atoms with Crippen LogP contribution in [0.5, 0.6) is 0 Å². The third-order valence-electron chi connectivity index (χ3n) is 4.66. The van der Waals surface area contributed by atoms with Gasteiger partial charge in [-0.25, -0.2) is 0 Å². The summed E-state index contributed by atoms with van der Waals surface area (Å²) in [4.78, 5) is 20.8. The number of rotatable bonds is 3. The molecule has 2 fully saturated rings. The van der Waals surface area contributed by atoms with Gasteiger partial charge in [-0.1, -0.05) is 30.3 Å². The van der Waals surface area contributed by atoms with Crippen LogP contribution in [0, 0.1) is 5.92 Å². The van der Waals surface area contributed by atoms with E-state index in [4.69, 9.17) is 5.73 Å². The van der Waals surface area contributed by atoms with E-state index in [0.717, 1.165) is 24.6 Å². The standard InChI is InChI=1S/C17H24N4OS.HI/c1-20-15(22)11-14(16(20)13-5-3-2-4-6-13)12-19-17(18)21-7-9-23-10-8-21;/h2-6,14,16H,7-12H2,1H3,(H2,18,19);1H. The summed E-state index contributed by atoms with van der Waals surface area (Å²) >= 11 is 1.95. The van der Waals surface area contributed by atoms with Crippen molar-refractivity contribution in [3.63, 3.8) is 0 Å².